The number of fused-ring (bicyclic) bond motifs is 6. The first-order chi connectivity index (χ1) is 17.4. The Balaban J connectivity index is 1.85. The molecule has 7 rings (SSSR count). The van der Waals surface area contributed by atoms with Crippen LogP contribution in [0.15, 0.2) is 82.4 Å². The molecule has 0 saturated heterocycles. The fraction of sp³-hybridized carbons (Fsp3) is 0.176. The minimum atomic E-state index is 0.0792. The zero-order valence-electron chi connectivity index (χ0n) is 20.9. The zero-order chi connectivity index (χ0) is 24.9. The van der Waals surface area contributed by atoms with Gasteiger partial charge < -0.3 is 0 Å². The topological polar surface area (TPSA) is 34.1 Å². The lowest BCUT2D eigenvalue weighted by Gasteiger charge is -2.18. The molecule has 0 N–H and O–H groups in total. The maximum Gasteiger partial charge on any atom is 0.194 e. The highest BCUT2D eigenvalue weighted by Gasteiger charge is 2.21. The van der Waals surface area contributed by atoms with Crippen LogP contribution in [0.5, 0.6) is 0 Å². The lowest BCUT2D eigenvalue weighted by molar-refractivity contribution is 0.868. The van der Waals surface area contributed by atoms with Crippen molar-refractivity contribution < 1.29 is 0 Å². The molecule has 0 aliphatic carbocycles. The predicted molar refractivity (Wildman–Crippen MR) is 155 cm³/mol. The molecule has 174 valence electrons. The van der Waals surface area contributed by atoms with Crippen molar-refractivity contribution in [3.8, 4) is 0 Å². The molecule has 0 aliphatic rings. The third-order valence-corrected chi connectivity index (χ3v) is 8.11. The number of hydrogen-bond acceptors (Lipinski definition) is 2. The fourth-order valence-electron chi connectivity index (χ4n) is 6.21. The number of benzene rings is 7. The number of rotatable bonds is 2. The zero-order valence-corrected chi connectivity index (χ0v) is 20.9. The second kappa shape index (κ2) is 7.24. The lowest BCUT2D eigenvalue weighted by Crippen LogP contribution is -2.07. The Labute approximate surface area is 208 Å². The standard InChI is InChI=1S/C34H26O2/c1-17(2)19-11-13-21-27(15-19)33(35)25-9-5-8-24-30-22-14-12-20(18(3)4)16-28(22)34(36)26-10-6-7-23(32(26)30)29(21)31(24)25/h5-18H,1-4H3. The Bertz CT molecular complexity index is 1980. The van der Waals surface area contributed by atoms with E-state index in [4.69, 9.17) is 0 Å². The summed E-state index contributed by atoms with van der Waals surface area (Å²) in [6.45, 7) is 8.60. The van der Waals surface area contributed by atoms with Crippen molar-refractivity contribution in [1.82, 2.24) is 0 Å². The first kappa shape index (κ1) is 21.3. The molecule has 2 heteroatoms. The SMILES string of the molecule is CC(C)c1ccc2c(c1)c(=O)c1cccc3c1c2c1cccc2c(=O)c4cc(C(C)C)ccc4c3c21. The van der Waals surface area contributed by atoms with E-state index in [1.807, 2.05) is 24.3 Å². The van der Waals surface area contributed by atoms with Gasteiger partial charge >= 0.3 is 0 Å². The molecular weight excluding hydrogens is 440 g/mol. The van der Waals surface area contributed by atoms with Crippen LogP contribution in [0.3, 0.4) is 0 Å². The van der Waals surface area contributed by atoms with Crippen molar-refractivity contribution in [2.75, 3.05) is 0 Å². The summed E-state index contributed by atoms with van der Waals surface area (Å²) in [5, 5.41) is 11.2. The van der Waals surface area contributed by atoms with Gasteiger partial charge in [0.15, 0.2) is 10.9 Å². The second-order valence-electron chi connectivity index (χ2n) is 10.8. The van der Waals surface area contributed by atoms with Crippen molar-refractivity contribution in [2.45, 2.75) is 39.5 Å². The van der Waals surface area contributed by atoms with Crippen LogP contribution >= 0.6 is 0 Å². The van der Waals surface area contributed by atoms with Crippen LogP contribution in [0.2, 0.25) is 0 Å². The summed E-state index contributed by atoms with van der Waals surface area (Å²) in [7, 11) is 0. The minimum Gasteiger partial charge on any atom is -0.289 e. The van der Waals surface area contributed by atoms with Crippen molar-refractivity contribution in [3.05, 3.63) is 104 Å². The Morgan fingerprint density at radius 3 is 1.17 bits per heavy atom. The van der Waals surface area contributed by atoms with E-state index in [-0.39, 0.29) is 10.9 Å². The summed E-state index contributed by atoms with van der Waals surface area (Å²) < 4.78 is 0. The van der Waals surface area contributed by atoms with Gasteiger partial charge in [0.25, 0.3) is 0 Å². The maximum atomic E-state index is 13.8. The first-order valence-corrected chi connectivity index (χ1v) is 12.8. The van der Waals surface area contributed by atoms with E-state index in [2.05, 4.69) is 76.2 Å². The van der Waals surface area contributed by atoms with Gasteiger partial charge in [0.2, 0.25) is 0 Å². The molecule has 2 nitrogen and oxygen atoms in total. The smallest absolute Gasteiger partial charge is 0.194 e. The molecule has 7 aromatic carbocycles. The third-order valence-electron chi connectivity index (χ3n) is 8.11. The summed E-state index contributed by atoms with van der Waals surface area (Å²) >= 11 is 0. The molecule has 0 aliphatic heterocycles. The summed E-state index contributed by atoms with van der Waals surface area (Å²) in [4.78, 5) is 27.7. The molecule has 0 atom stereocenters. The van der Waals surface area contributed by atoms with E-state index < -0.39 is 0 Å². The predicted octanol–water partition coefficient (Wildman–Crippen LogP) is 8.45. The van der Waals surface area contributed by atoms with Crippen molar-refractivity contribution in [2.24, 2.45) is 0 Å². The summed E-state index contributed by atoms with van der Waals surface area (Å²) in [6.07, 6.45) is 0. The average Bonchev–Trinajstić information content (AvgIpc) is 2.89. The molecule has 0 spiro atoms. The minimum absolute atomic E-state index is 0.0792. The quantitative estimate of drug-likeness (QED) is 0.189. The van der Waals surface area contributed by atoms with Crippen LogP contribution in [0, 0.1) is 0 Å². The average molecular weight is 467 g/mol. The normalized spacial score (nSPS) is 12.6. The lowest BCUT2D eigenvalue weighted by atomic mass is 9.84. The largest absolute Gasteiger partial charge is 0.289 e. The van der Waals surface area contributed by atoms with Crippen LogP contribution in [0.4, 0.5) is 0 Å². The van der Waals surface area contributed by atoms with Crippen molar-refractivity contribution in [3.63, 3.8) is 0 Å². The van der Waals surface area contributed by atoms with Crippen molar-refractivity contribution >= 4 is 64.6 Å². The molecule has 0 heterocycles. The van der Waals surface area contributed by atoms with Gasteiger partial charge in [-0.25, -0.2) is 0 Å². The molecule has 0 saturated carbocycles. The van der Waals surface area contributed by atoms with Gasteiger partial charge in [-0.15, -0.1) is 0 Å². The molecule has 0 unspecified atom stereocenters. The van der Waals surface area contributed by atoms with E-state index in [1.54, 1.807) is 0 Å². The van der Waals surface area contributed by atoms with Gasteiger partial charge in [0.1, 0.15) is 0 Å². The van der Waals surface area contributed by atoms with Gasteiger partial charge in [-0.05, 0) is 67.4 Å². The molecule has 36 heavy (non-hydrogen) atoms. The van der Waals surface area contributed by atoms with E-state index in [0.717, 1.165) is 75.8 Å². The van der Waals surface area contributed by atoms with Crippen LogP contribution in [-0.2, 0) is 0 Å². The van der Waals surface area contributed by atoms with Crippen LogP contribution in [0.1, 0.15) is 50.7 Å². The molecule has 0 fully saturated rings. The second-order valence-corrected chi connectivity index (χ2v) is 10.8. The Kier molecular flexibility index (Phi) is 4.27. The monoisotopic (exact) mass is 466 g/mol. The summed E-state index contributed by atoms with van der Waals surface area (Å²) in [5.74, 6) is 0.669. The molecule has 0 amide bonds. The Morgan fingerprint density at radius 2 is 0.778 bits per heavy atom. The van der Waals surface area contributed by atoms with E-state index >= 15 is 0 Å². The van der Waals surface area contributed by atoms with E-state index in [9.17, 15) is 9.59 Å². The summed E-state index contributed by atoms with van der Waals surface area (Å²) in [5.41, 5.74) is 2.47. The van der Waals surface area contributed by atoms with Gasteiger partial charge in [-0.2, -0.15) is 0 Å². The summed E-state index contributed by atoms with van der Waals surface area (Å²) in [6, 6.07) is 24.7. The van der Waals surface area contributed by atoms with Gasteiger partial charge in [-0.1, -0.05) is 88.4 Å². The number of hydrogen-bond donors (Lipinski definition) is 0. The van der Waals surface area contributed by atoms with E-state index in [1.165, 1.54) is 0 Å². The molecular formula is C34H26O2. The van der Waals surface area contributed by atoms with Gasteiger partial charge in [-0.3, -0.25) is 9.59 Å². The van der Waals surface area contributed by atoms with Crippen LogP contribution in [-0.4, -0.2) is 0 Å². The van der Waals surface area contributed by atoms with Crippen LogP contribution in [0.25, 0.3) is 64.6 Å². The maximum absolute atomic E-state index is 13.8. The third kappa shape index (κ3) is 2.62. The molecule has 7 aromatic rings. The molecule has 0 aromatic heterocycles. The molecule has 0 bridgehead atoms. The Morgan fingerprint density at radius 1 is 0.417 bits per heavy atom. The highest BCUT2D eigenvalue weighted by Crippen LogP contribution is 2.44. The first-order valence-electron chi connectivity index (χ1n) is 12.8. The van der Waals surface area contributed by atoms with Gasteiger partial charge in [0.05, 0.1) is 0 Å². The van der Waals surface area contributed by atoms with E-state index in [0.29, 0.717) is 11.8 Å². The van der Waals surface area contributed by atoms with Crippen molar-refractivity contribution in [1.29, 1.82) is 0 Å². The highest BCUT2D eigenvalue weighted by atomic mass is 16.1. The highest BCUT2D eigenvalue weighted by molar-refractivity contribution is 6.41. The Hall–Kier alpha value is -4.04. The van der Waals surface area contributed by atoms with Crippen LogP contribution < -0.4 is 10.9 Å². The van der Waals surface area contributed by atoms with Gasteiger partial charge in [0, 0.05) is 32.3 Å². The fourth-order valence-corrected chi connectivity index (χ4v) is 6.21. The molecule has 0 radical (unpaired) electrons.